The van der Waals surface area contributed by atoms with E-state index in [0.29, 0.717) is 32.1 Å². The Hall–Kier alpha value is -2.38. The molecule has 1 aromatic rings. The number of anilines is 1. The summed E-state index contributed by atoms with van der Waals surface area (Å²) in [5.74, 6) is 0.552. The quantitative estimate of drug-likeness (QED) is 0.801. The Kier molecular flexibility index (Phi) is 4.70. The van der Waals surface area contributed by atoms with Crippen LogP contribution in [0, 0.1) is 0 Å². The Bertz CT molecular complexity index is 459. The second kappa shape index (κ2) is 6.69. The largest absolute Gasteiger partial charge is 0.453 e. The number of carbonyl (C=O) groups is 2. The van der Waals surface area contributed by atoms with Crippen molar-refractivity contribution in [2.75, 3.05) is 44.7 Å². The third-order valence-corrected chi connectivity index (χ3v) is 3.04. The van der Waals surface area contributed by atoms with Gasteiger partial charge in [0.15, 0.2) is 0 Å². The molecule has 0 spiro atoms. The number of aromatic nitrogens is 2. The molecular weight excluding hydrogens is 262 g/mol. The lowest BCUT2D eigenvalue weighted by Gasteiger charge is -2.34. The van der Waals surface area contributed by atoms with Gasteiger partial charge in [-0.2, -0.15) is 0 Å². The van der Waals surface area contributed by atoms with Crippen molar-refractivity contribution in [3.8, 4) is 0 Å². The highest BCUT2D eigenvalue weighted by Gasteiger charge is 2.22. The summed E-state index contributed by atoms with van der Waals surface area (Å²) in [5, 5.41) is 2.38. The van der Waals surface area contributed by atoms with Crippen molar-refractivity contribution in [3.05, 3.63) is 18.5 Å². The molecule has 1 N–H and O–H groups in total. The predicted molar refractivity (Wildman–Crippen MR) is 71.2 cm³/mol. The first-order valence-corrected chi connectivity index (χ1v) is 6.32. The number of hydrogen-bond acceptors (Lipinski definition) is 6. The van der Waals surface area contributed by atoms with Crippen LogP contribution in [-0.2, 0) is 9.53 Å². The lowest BCUT2D eigenvalue weighted by Crippen LogP contribution is -2.51. The third-order valence-electron chi connectivity index (χ3n) is 3.04. The highest BCUT2D eigenvalue weighted by Crippen LogP contribution is 2.09. The van der Waals surface area contributed by atoms with E-state index in [1.807, 2.05) is 4.90 Å². The van der Waals surface area contributed by atoms with Gasteiger partial charge in [0, 0.05) is 38.6 Å². The van der Waals surface area contributed by atoms with Gasteiger partial charge in [-0.25, -0.2) is 14.8 Å². The van der Waals surface area contributed by atoms with E-state index in [-0.39, 0.29) is 12.5 Å². The summed E-state index contributed by atoms with van der Waals surface area (Å²) in [4.78, 5) is 34.9. The van der Waals surface area contributed by atoms with Gasteiger partial charge in [-0.15, -0.1) is 0 Å². The highest BCUT2D eigenvalue weighted by atomic mass is 16.5. The number of amides is 2. The van der Waals surface area contributed by atoms with E-state index >= 15 is 0 Å². The molecule has 108 valence electrons. The molecule has 0 unspecified atom stereocenters. The fourth-order valence-corrected chi connectivity index (χ4v) is 1.94. The van der Waals surface area contributed by atoms with Crippen molar-refractivity contribution < 1.29 is 14.3 Å². The Morgan fingerprint density at radius 2 is 1.90 bits per heavy atom. The van der Waals surface area contributed by atoms with Crippen molar-refractivity contribution in [3.63, 3.8) is 0 Å². The summed E-state index contributed by atoms with van der Waals surface area (Å²) < 4.78 is 4.42. The number of nitrogens with one attached hydrogen (secondary N) is 1. The van der Waals surface area contributed by atoms with Gasteiger partial charge >= 0.3 is 6.09 Å². The summed E-state index contributed by atoms with van der Waals surface area (Å²) in [6.45, 7) is 2.47. The normalized spacial score (nSPS) is 14.8. The number of methoxy groups -OCH3 is 1. The van der Waals surface area contributed by atoms with E-state index < -0.39 is 6.09 Å². The van der Waals surface area contributed by atoms with E-state index in [4.69, 9.17) is 0 Å². The average molecular weight is 279 g/mol. The summed E-state index contributed by atoms with van der Waals surface area (Å²) in [6.07, 6.45) is 2.79. The van der Waals surface area contributed by atoms with Crippen LogP contribution in [0.4, 0.5) is 10.7 Å². The van der Waals surface area contributed by atoms with Crippen molar-refractivity contribution in [2.24, 2.45) is 0 Å². The van der Waals surface area contributed by atoms with Gasteiger partial charge in [0.25, 0.3) is 0 Å². The average Bonchev–Trinajstić information content (AvgIpc) is 2.53. The number of piperazine rings is 1. The second-order valence-corrected chi connectivity index (χ2v) is 4.26. The predicted octanol–water partition coefficient (Wildman–Crippen LogP) is -0.519. The van der Waals surface area contributed by atoms with Crippen LogP contribution in [0.5, 0.6) is 0 Å². The van der Waals surface area contributed by atoms with Gasteiger partial charge in [0.1, 0.15) is 6.54 Å². The van der Waals surface area contributed by atoms with E-state index in [9.17, 15) is 9.59 Å². The highest BCUT2D eigenvalue weighted by molar-refractivity contribution is 5.82. The summed E-state index contributed by atoms with van der Waals surface area (Å²) in [6, 6.07) is 1.77. The molecule has 8 heteroatoms. The Morgan fingerprint density at radius 3 is 2.50 bits per heavy atom. The van der Waals surface area contributed by atoms with Gasteiger partial charge in [-0.05, 0) is 6.07 Å². The van der Waals surface area contributed by atoms with Crippen LogP contribution in [0.2, 0.25) is 0 Å². The third kappa shape index (κ3) is 3.56. The zero-order valence-electron chi connectivity index (χ0n) is 11.3. The maximum absolute atomic E-state index is 11.9. The standard InChI is InChI=1S/C12H17N5O3/c1-20-12(19)15-9-10(18)16-5-7-17(8-6-16)11-13-3-2-4-14-11/h2-4H,5-9H2,1H3,(H,15,19). The van der Waals surface area contributed by atoms with Crippen molar-refractivity contribution in [2.45, 2.75) is 0 Å². The molecule has 1 aromatic heterocycles. The van der Waals surface area contributed by atoms with Crippen LogP contribution in [0.25, 0.3) is 0 Å². The lowest BCUT2D eigenvalue weighted by atomic mass is 10.3. The van der Waals surface area contributed by atoms with Crippen LogP contribution in [0.3, 0.4) is 0 Å². The second-order valence-electron chi connectivity index (χ2n) is 4.26. The molecule has 0 bridgehead atoms. The van der Waals surface area contributed by atoms with E-state index in [1.165, 1.54) is 7.11 Å². The van der Waals surface area contributed by atoms with E-state index in [0.717, 1.165) is 0 Å². The van der Waals surface area contributed by atoms with Gasteiger partial charge < -0.3 is 19.9 Å². The molecule has 2 heterocycles. The summed E-state index contributed by atoms with van der Waals surface area (Å²) in [5.41, 5.74) is 0. The van der Waals surface area contributed by atoms with Gasteiger partial charge in [-0.1, -0.05) is 0 Å². The Labute approximate surface area is 116 Å². The molecule has 8 nitrogen and oxygen atoms in total. The molecule has 0 atom stereocenters. The number of rotatable bonds is 3. The number of alkyl carbamates (subject to hydrolysis) is 1. The van der Waals surface area contributed by atoms with Crippen LogP contribution < -0.4 is 10.2 Å². The molecule has 1 aliphatic heterocycles. The van der Waals surface area contributed by atoms with Crippen LogP contribution >= 0.6 is 0 Å². The minimum atomic E-state index is -0.602. The van der Waals surface area contributed by atoms with Gasteiger partial charge in [0.05, 0.1) is 7.11 Å². The molecule has 0 aliphatic carbocycles. The fraction of sp³-hybridized carbons (Fsp3) is 0.500. The molecule has 0 radical (unpaired) electrons. The number of carbonyl (C=O) groups excluding carboxylic acids is 2. The molecule has 1 fully saturated rings. The summed E-state index contributed by atoms with van der Waals surface area (Å²) >= 11 is 0. The van der Waals surface area contributed by atoms with E-state index in [2.05, 4.69) is 20.0 Å². The topological polar surface area (TPSA) is 87.7 Å². The number of nitrogens with zero attached hydrogens (tertiary/aromatic N) is 4. The smallest absolute Gasteiger partial charge is 0.407 e. The molecule has 2 rings (SSSR count). The van der Waals surface area contributed by atoms with Crippen molar-refractivity contribution in [1.82, 2.24) is 20.2 Å². The molecule has 0 saturated carbocycles. The van der Waals surface area contributed by atoms with E-state index in [1.54, 1.807) is 23.4 Å². The Balaban J connectivity index is 1.79. The first-order chi connectivity index (χ1) is 9.70. The minimum Gasteiger partial charge on any atom is -0.453 e. The minimum absolute atomic E-state index is 0.0471. The lowest BCUT2D eigenvalue weighted by molar-refractivity contribution is -0.130. The van der Waals surface area contributed by atoms with Gasteiger partial charge in [-0.3, -0.25) is 4.79 Å². The van der Waals surface area contributed by atoms with Crippen LogP contribution in [0.15, 0.2) is 18.5 Å². The monoisotopic (exact) mass is 279 g/mol. The first kappa shape index (κ1) is 14.0. The van der Waals surface area contributed by atoms with Crippen molar-refractivity contribution >= 4 is 17.9 Å². The van der Waals surface area contributed by atoms with Crippen LogP contribution in [0.1, 0.15) is 0 Å². The van der Waals surface area contributed by atoms with Crippen LogP contribution in [-0.4, -0.2) is 66.7 Å². The Morgan fingerprint density at radius 1 is 1.25 bits per heavy atom. The fourth-order valence-electron chi connectivity index (χ4n) is 1.94. The molecule has 1 saturated heterocycles. The number of hydrogen-bond donors (Lipinski definition) is 1. The SMILES string of the molecule is COC(=O)NCC(=O)N1CCN(c2ncccn2)CC1. The number of ether oxygens (including phenoxy) is 1. The van der Waals surface area contributed by atoms with Gasteiger partial charge in [0.2, 0.25) is 11.9 Å². The zero-order valence-corrected chi connectivity index (χ0v) is 11.3. The first-order valence-electron chi connectivity index (χ1n) is 6.32. The molecule has 2 amide bonds. The molecule has 1 aliphatic rings. The molecular formula is C12H17N5O3. The molecule has 0 aromatic carbocycles. The maximum atomic E-state index is 11.9. The molecule has 20 heavy (non-hydrogen) atoms. The maximum Gasteiger partial charge on any atom is 0.407 e. The zero-order chi connectivity index (χ0) is 14.4. The van der Waals surface area contributed by atoms with Crippen molar-refractivity contribution in [1.29, 1.82) is 0 Å². The summed E-state index contributed by atoms with van der Waals surface area (Å²) in [7, 11) is 1.26.